The van der Waals surface area contributed by atoms with E-state index in [0.717, 1.165) is 12.1 Å². The lowest BCUT2D eigenvalue weighted by Gasteiger charge is -2.04. The maximum atomic E-state index is 13.3. The van der Waals surface area contributed by atoms with Gasteiger partial charge in [0.15, 0.2) is 0 Å². The molecular formula is C17H11F2N3O3S. The molecular weight excluding hydrogens is 364 g/mol. The topological polar surface area (TPSA) is 85.1 Å². The second-order valence-electron chi connectivity index (χ2n) is 5.30. The molecule has 26 heavy (non-hydrogen) atoms. The number of carbonyl (C=O) groups is 1. The van der Waals surface area contributed by atoms with E-state index in [2.05, 4.69) is 10.3 Å². The lowest BCUT2D eigenvalue weighted by atomic mass is 10.2. The van der Waals surface area contributed by atoms with E-state index >= 15 is 0 Å². The van der Waals surface area contributed by atoms with E-state index in [-0.39, 0.29) is 17.9 Å². The molecule has 132 valence electrons. The minimum absolute atomic E-state index is 0.0724. The molecule has 0 saturated heterocycles. The van der Waals surface area contributed by atoms with E-state index in [1.165, 1.54) is 29.5 Å². The molecule has 0 unspecified atom stereocenters. The third-order valence-corrected chi connectivity index (χ3v) is 4.33. The lowest BCUT2D eigenvalue weighted by molar-refractivity contribution is -0.387. The lowest BCUT2D eigenvalue weighted by Crippen LogP contribution is -2.14. The quantitative estimate of drug-likeness (QED) is 0.536. The first-order valence-corrected chi connectivity index (χ1v) is 8.24. The number of aromatic nitrogens is 1. The van der Waals surface area contributed by atoms with Crippen LogP contribution in [0.1, 0.15) is 5.69 Å². The normalized spacial score (nSPS) is 10.5. The third-order valence-electron chi connectivity index (χ3n) is 3.39. The Hall–Kier alpha value is -3.20. The van der Waals surface area contributed by atoms with Crippen LogP contribution >= 0.6 is 11.3 Å². The van der Waals surface area contributed by atoms with Gasteiger partial charge in [0.25, 0.3) is 0 Å². The number of thiazole rings is 1. The molecule has 6 nitrogen and oxygen atoms in total. The summed E-state index contributed by atoms with van der Waals surface area (Å²) in [7, 11) is 0. The van der Waals surface area contributed by atoms with Gasteiger partial charge >= 0.3 is 5.69 Å². The van der Waals surface area contributed by atoms with Crippen molar-refractivity contribution in [2.45, 2.75) is 6.42 Å². The van der Waals surface area contributed by atoms with Crippen molar-refractivity contribution < 1.29 is 18.5 Å². The van der Waals surface area contributed by atoms with Crippen molar-refractivity contribution >= 4 is 28.6 Å². The number of carbonyl (C=O) groups excluding carboxylic acids is 1. The zero-order valence-electron chi connectivity index (χ0n) is 13.1. The Morgan fingerprint density at radius 3 is 2.77 bits per heavy atom. The van der Waals surface area contributed by atoms with E-state index in [4.69, 9.17) is 0 Å². The van der Waals surface area contributed by atoms with E-state index in [9.17, 15) is 23.7 Å². The van der Waals surface area contributed by atoms with Crippen LogP contribution in [0.4, 0.5) is 20.2 Å². The Morgan fingerprint density at radius 1 is 1.23 bits per heavy atom. The fourth-order valence-electron chi connectivity index (χ4n) is 2.24. The second kappa shape index (κ2) is 7.36. The minimum Gasteiger partial charge on any atom is -0.325 e. The van der Waals surface area contributed by atoms with Gasteiger partial charge in [-0.3, -0.25) is 14.9 Å². The number of hydrogen-bond donors (Lipinski definition) is 1. The van der Waals surface area contributed by atoms with Gasteiger partial charge in [-0.1, -0.05) is 12.1 Å². The highest BCUT2D eigenvalue weighted by Gasteiger charge is 2.16. The summed E-state index contributed by atoms with van der Waals surface area (Å²) in [5, 5.41) is 15.4. The smallest absolute Gasteiger partial charge is 0.306 e. The predicted octanol–water partition coefficient (Wildman–Crippen LogP) is 4.18. The standard InChI is InChI=1S/C17H11F2N3O3S/c18-11-3-1-2-10(6-11)17-21-13(9-26-17)8-16(23)20-12-4-5-14(19)15(7-12)22(24)25/h1-7,9H,8H2,(H,20,23). The van der Waals surface area contributed by atoms with Gasteiger partial charge in [-0.05, 0) is 24.3 Å². The summed E-state index contributed by atoms with van der Waals surface area (Å²) in [6, 6.07) is 9.06. The molecule has 3 aromatic rings. The molecule has 1 heterocycles. The van der Waals surface area contributed by atoms with Gasteiger partial charge in [-0.15, -0.1) is 11.3 Å². The number of hydrogen-bond acceptors (Lipinski definition) is 5. The molecule has 1 N–H and O–H groups in total. The molecule has 1 amide bonds. The van der Waals surface area contributed by atoms with Gasteiger partial charge in [0, 0.05) is 22.7 Å². The highest BCUT2D eigenvalue weighted by Crippen LogP contribution is 2.25. The zero-order valence-corrected chi connectivity index (χ0v) is 13.9. The molecule has 1 aromatic heterocycles. The van der Waals surface area contributed by atoms with Gasteiger partial charge in [-0.25, -0.2) is 9.37 Å². The fraction of sp³-hybridized carbons (Fsp3) is 0.0588. The summed E-state index contributed by atoms with van der Waals surface area (Å²) in [5.74, 6) is -1.82. The molecule has 2 aromatic carbocycles. The van der Waals surface area contributed by atoms with Crippen molar-refractivity contribution in [2.24, 2.45) is 0 Å². The number of nitro benzene ring substituents is 1. The van der Waals surface area contributed by atoms with E-state index in [0.29, 0.717) is 16.3 Å². The van der Waals surface area contributed by atoms with Crippen LogP contribution in [0, 0.1) is 21.7 Å². The Labute approximate surface area is 150 Å². The number of nitrogens with one attached hydrogen (secondary N) is 1. The van der Waals surface area contributed by atoms with Crippen molar-refractivity contribution in [3.8, 4) is 10.6 Å². The number of nitro groups is 1. The van der Waals surface area contributed by atoms with Crippen LogP contribution in [0.15, 0.2) is 47.8 Å². The van der Waals surface area contributed by atoms with Crippen molar-refractivity contribution in [3.63, 3.8) is 0 Å². The molecule has 0 aliphatic heterocycles. The minimum atomic E-state index is -0.979. The maximum absolute atomic E-state index is 13.3. The fourth-order valence-corrected chi connectivity index (χ4v) is 3.06. The average Bonchev–Trinajstić information content (AvgIpc) is 3.04. The first-order valence-electron chi connectivity index (χ1n) is 7.36. The Morgan fingerprint density at radius 2 is 2.04 bits per heavy atom. The Bertz CT molecular complexity index is 991. The third kappa shape index (κ3) is 4.06. The SMILES string of the molecule is O=C(Cc1csc(-c2cccc(F)c2)n1)Nc1ccc(F)c([N+](=O)[O-])c1. The van der Waals surface area contributed by atoms with Crippen molar-refractivity contribution in [1.82, 2.24) is 4.98 Å². The van der Waals surface area contributed by atoms with Crippen molar-refractivity contribution in [1.29, 1.82) is 0 Å². The van der Waals surface area contributed by atoms with Crippen LogP contribution < -0.4 is 5.32 Å². The Balaban J connectivity index is 1.69. The first-order chi connectivity index (χ1) is 12.4. The van der Waals surface area contributed by atoms with Gasteiger partial charge in [-0.2, -0.15) is 4.39 Å². The van der Waals surface area contributed by atoms with E-state index in [1.807, 2.05) is 0 Å². The molecule has 0 aliphatic rings. The number of halogens is 2. The van der Waals surface area contributed by atoms with E-state index in [1.54, 1.807) is 17.5 Å². The van der Waals surface area contributed by atoms with Crippen LogP contribution in [0.2, 0.25) is 0 Å². The highest BCUT2D eigenvalue weighted by molar-refractivity contribution is 7.13. The number of benzene rings is 2. The van der Waals surface area contributed by atoms with Gasteiger partial charge in [0.1, 0.15) is 10.8 Å². The molecule has 0 aliphatic carbocycles. The Kier molecular flexibility index (Phi) is 4.99. The molecule has 0 bridgehead atoms. The number of rotatable bonds is 5. The van der Waals surface area contributed by atoms with Gasteiger partial charge in [0.2, 0.25) is 11.7 Å². The molecule has 0 radical (unpaired) electrons. The molecule has 0 saturated carbocycles. The van der Waals surface area contributed by atoms with Crippen LogP contribution in [0.25, 0.3) is 10.6 Å². The first kappa shape index (κ1) is 17.6. The summed E-state index contributed by atoms with van der Waals surface area (Å²) in [6.07, 6.45) is -0.0724. The number of nitrogens with zero attached hydrogens (tertiary/aromatic N) is 2. The number of anilines is 1. The van der Waals surface area contributed by atoms with Gasteiger partial charge in [0.05, 0.1) is 17.0 Å². The summed E-state index contributed by atoms with van der Waals surface area (Å²) >= 11 is 1.27. The molecule has 0 fully saturated rings. The zero-order chi connectivity index (χ0) is 18.7. The van der Waals surface area contributed by atoms with Crippen LogP contribution in [-0.2, 0) is 11.2 Å². The second-order valence-corrected chi connectivity index (χ2v) is 6.16. The number of amides is 1. The maximum Gasteiger partial charge on any atom is 0.306 e. The van der Waals surface area contributed by atoms with Gasteiger partial charge < -0.3 is 5.32 Å². The largest absolute Gasteiger partial charge is 0.325 e. The van der Waals surface area contributed by atoms with E-state index < -0.39 is 22.3 Å². The van der Waals surface area contributed by atoms with Crippen LogP contribution in [0.5, 0.6) is 0 Å². The predicted molar refractivity (Wildman–Crippen MR) is 92.9 cm³/mol. The summed E-state index contributed by atoms with van der Waals surface area (Å²) < 4.78 is 26.6. The average molecular weight is 375 g/mol. The molecule has 9 heteroatoms. The molecule has 0 atom stereocenters. The monoisotopic (exact) mass is 375 g/mol. The summed E-state index contributed by atoms with van der Waals surface area (Å²) in [6.45, 7) is 0. The summed E-state index contributed by atoms with van der Waals surface area (Å²) in [5.41, 5.74) is 0.479. The highest BCUT2D eigenvalue weighted by atomic mass is 32.1. The molecule has 0 spiro atoms. The van der Waals surface area contributed by atoms with Crippen molar-refractivity contribution in [3.05, 3.63) is 75.3 Å². The molecule has 3 rings (SSSR count). The van der Waals surface area contributed by atoms with Crippen molar-refractivity contribution in [2.75, 3.05) is 5.32 Å². The van der Waals surface area contributed by atoms with Crippen LogP contribution in [0.3, 0.4) is 0 Å². The van der Waals surface area contributed by atoms with Crippen LogP contribution in [-0.4, -0.2) is 15.8 Å². The summed E-state index contributed by atoms with van der Waals surface area (Å²) in [4.78, 5) is 26.2.